The molecule has 0 aliphatic rings. The summed E-state index contributed by atoms with van der Waals surface area (Å²) in [7, 11) is -3.88. The zero-order valence-electron chi connectivity index (χ0n) is 13.0. The number of thioether (sulfide) groups is 1. The molecule has 0 aliphatic carbocycles. The highest BCUT2D eigenvalue weighted by atomic mass is 35.5. The van der Waals surface area contributed by atoms with Gasteiger partial charge >= 0.3 is 0 Å². The normalized spacial score (nSPS) is 11.2. The lowest BCUT2D eigenvalue weighted by molar-refractivity contribution is -0.109. The number of Topliss-reactive ketones (excluding diaryl/α,β-unsaturated/α-hetero) is 1. The summed E-state index contributed by atoms with van der Waals surface area (Å²) >= 11 is 12.5. The molecular weight excluding hydrogens is 405 g/mol. The molecule has 1 N–H and O–H groups in total. The van der Waals surface area contributed by atoms with Gasteiger partial charge in [0, 0.05) is 18.2 Å². The van der Waals surface area contributed by atoms with Crippen LogP contribution in [0.3, 0.4) is 0 Å². The zero-order chi connectivity index (χ0) is 18.6. The first-order valence-corrected chi connectivity index (χ1v) is 10.2. The van der Waals surface area contributed by atoms with Crippen LogP contribution in [-0.4, -0.2) is 25.1 Å². The summed E-state index contributed by atoms with van der Waals surface area (Å²) in [5.74, 6) is -0.269. The van der Waals surface area contributed by atoms with E-state index >= 15 is 0 Å². The smallest absolute Gasteiger partial charge is 0.261 e. The van der Waals surface area contributed by atoms with Crippen molar-refractivity contribution in [1.82, 2.24) is 0 Å². The van der Waals surface area contributed by atoms with Crippen molar-refractivity contribution in [2.45, 2.75) is 11.8 Å². The average Bonchev–Trinajstić information content (AvgIpc) is 2.54. The van der Waals surface area contributed by atoms with Crippen LogP contribution in [0.5, 0.6) is 0 Å². The SMILES string of the molecule is CC(=O)SCC(=O)c1cccc(NS(=O)(=O)c2ccc(Cl)c(Cl)c2)c1. The third kappa shape index (κ3) is 5.47. The quantitative estimate of drug-likeness (QED) is 0.710. The molecule has 0 radical (unpaired) electrons. The Bertz CT molecular complexity index is 929. The molecule has 2 rings (SSSR count). The lowest BCUT2D eigenvalue weighted by atomic mass is 10.1. The molecule has 0 saturated heterocycles. The highest BCUT2D eigenvalue weighted by molar-refractivity contribution is 8.14. The van der Waals surface area contributed by atoms with Gasteiger partial charge in [0.2, 0.25) is 0 Å². The molecule has 2 aromatic carbocycles. The molecule has 0 heterocycles. The van der Waals surface area contributed by atoms with Gasteiger partial charge in [-0.2, -0.15) is 0 Å². The van der Waals surface area contributed by atoms with Crippen molar-refractivity contribution in [3.8, 4) is 0 Å². The number of halogens is 2. The Morgan fingerprint density at radius 2 is 1.80 bits per heavy atom. The molecule has 25 heavy (non-hydrogen) atoms. The number of hydrogen-bond donors (Lipinski definition) is 1. The standard InChI is InChI=1S/C16H13Cl2NO4S2/c1-10(20)24-9-16(21)11-3-2-4-12(7-11)19-25(22,23)13-5-6-14(17)15(18)8-13/h2-8,19H,9H2,1H3. The molecule has 0 saturated carbocycles. The van der Waals surface area contributed by atoms with E-state index in [0.717, 1.165) is 11.8 Å². The number of rotatable bonds is 6. The van der Waals surface area contributed by atoms with Gasteiger partial charge in [-0.1, -0.05) is 47.1 Å². The molecule has 0 aliphatic heterocycles. The van der Waals surface area contributed by atoms with Crippen LogP contribution in [0.1, 0.15) is 17.3 Å². The lowest BCUT2D eigenvalue weighted by Gasteiger charge is -2.10. The van der Waals surface area contributed by atoms with E-state index in [1.165, 1.54) is 37.3 Å². The van der Waals surface area contributed by atoms with Gasteiger partial charge in [0.15, 0.2) is 10.9 Å². The molecule has 5 nitrogen and oxygen atoms in total. The van der Waals surface area contributed by atoms with E-state index in [0.29, 0.717) is 5.56 Å². The van der Waals surface area contributed by atoms with Gasteiger partial charge in [0.25, 0.3) is 10.0 Å². The van der Waals surface area contributed by atoms with Gasteiger partial charge < -0.3 is 0 Å². The lowest BCUT2D eigenvalue weighted by Crippen LogP contribution is -2.13. The van der Waals surface area contributed by atoms with Gasteiger partial charge in [-0.15, -0.1) is 0 Å². The Labute approximate surface area is 159 Å². The van der Waals surface area contributed by atoms with Crippen molar-refractivity contribution in [1.29, 1.82) is 0 Å². The average molecular weight is 418 g/mol. The first-order chi connectivity index (χ1) is 11.7. The van der Waals surface area contributed by atoms with Crippen molar-refractivity contribution in [2.75, 3.05) is 10.5 Å². The van der Waals surface area contributed by atoms with Crippen LogP contribution in [0.2, 0.25) is 10.0 Å². The molecule has 0 fully saturated rings. The second kappa shape index (κ2) is 8.23. The molecule has 2 aromatic rings. The number of hydrogen-bond acceptors (Lipinski definition) is 5. The van der Waals surface area contributed by atoms with E-state index in [1.54, 1.807) is 12.1 Å². The summed E-state index contributed by atoms with van der Waals surface area (Å²) < 4.78 is 27.2. The fourth-order valence-corrected chi connectivity index (χ4v) is 3.80. The molecule has 0 spiro atoms. The molecule has 0 bridgehead atoms. The summed E-state index contributed by atoms with van der Waals surface area (Å²) in [6, 6.07) is 10.00. The predicted molar refractivity (Wildman–Crippen MR) is 101 cm³/mol. The summed E-state index contributed by atoms with van der Waals surface area (Å²) in [6.07, 6.45) is 0. The number of benzene rings is 2. The second-order valence-corrected chi connectivity index (χ2v) is 8.61. The predicted octanol–water partition coefficient (Wildman–Crippen LogP) is 4.26. The first-order valence-electron chi connectivity index (χ1n) is 6.93. The van der Waals surface area contributed by atoms with E-state index in [9.17, 15) is 18.0 Å². The summed E-state index contributed by atoms with van der Waals surface area (Å²) in [5, 5.41) is 0.204. The molecule has 0 atom stereocenters. The zero-order valence-corrected chi connectivity index (χ0v) is 16.1. The third-order valence-electron chi connectivity index (χ3n) is 3.04. The van der Waals surface area contributed by atoms with Gasteiger partial charge in [-0.3, -0.25) is 14.3 Å². The maximum Gasteiger partial charge on any atom is 0.261 e. The van der Waals surface area contributed by atoms with Crippen molar-refractivity contribution in [3.63, 3.8) is 0 Å². The number of anilines is 1. The van der Waals surface area contributed by atoms with Crippen LogP contribution >= 0.6 is 35.0 Å². The Hall–Kier alpha value is -1.54. The maximum atomic E-state index is 12.4. The minimum absolute atomic E-state index is 0.00166. The van der Waals surface area contributed by atoms with Gasteiger partial charge in [-0.25, -0.2) is 8.42 Å². The number of carbonyl (C=O) groups excluding carboxylic acids is 2. The van der Waals surface area contributed by atoms with E-state index in [2.05, 4.69) is 4.72 Å². The van der Waals surface area contributed by atoms with E-state index in [4.69, 9.17) is 23.2 Å². The molecule has 0 amide bonds. The third-order valence-corrected chi connectivity index (χ3v) is 5.98. The number of sulfonamides is 1. The largest absolute Gasteiger partial charge is 0.293 e. The van der Waals surface area contributed by atoms with Gasteiger partial charge in [0.1, 0.15) is 0 Å². The van der Waals surface area contributed by atoms with Crippen LogP contribution in [0, 0.1) is 0 Å². The van der Waals surface area contributed by atoms with Crippen molar-refractivity contribution in [2.24, 2.45) is 0 Å². The molecule has 9 heteroatoms. The summed E-state index contributed by atoms with van der Waals surface area (Å²) in [5.41, 5.74) is 0.535. The van der Waals surface area contributed by atoms with Crippen LogP contribution in [0.25, 0.3) is 0 Å². The van der Waals surface area contributed by atoms with Crippen LogP contribution in [-0.2, 0) is 14.8 Å². The van der Waals surface area contributed by atoms with Crippen LogP contribution < -0.4 is 4.72 Å². The maximum absolute atomic E-state index is 12.4. The Morgan fingerprint density at radius 3 is 2.44 bits per heavy atom. The van der Waals surface area contributed by atoms with Crippen molar-refractivity contribution >= 4 is 61.6 Å². The fraction of sp³-hybridized carbons (Fsp3) is 0.125. The van der Waals surface area contributed by atoms with Crippen LogP contribution in [0.4, 0.5) is 5.69 Å². The highest BCUT2D eigenvalue weighted by Gasteiger charge is 2.16. The topological polar surface area (TPSA) is 80.3 Å². The van der Waals surface area contributed by atoms with Gasteiger partial charge in [0.05, 0.1) is 20.7 Å². The minimum Gasteiger partial charge on any atom is -0.293 e. The molecule has 0 unspecified atom stereocenters. The first kappa shape index (κ1) is 19.8. The number of ketones is 1. The Balaban J connectivity index is 2.22. The van der Waals surface area contributed by atoms with Crippen molar-refractivity contribution < 1.29 is 18.0 Å². The highest BCUT2D eigenvalue weighted by Crippen LogP contribution is 2.26. The second-order valence-electron chi connectivity index (χ2n) is 4.97. The van der Waals surface area contributed by atoms with E-state index in [-0.39, 0.29) is 37.3 Å². The Morgan fingerprint density at radius 1 is 1.08 bits per heavy atom. The summed E-state index contributed by atoms with van der Waals surface area (Å²) in [6.45, 7) is 1.37. The summed E-state index contributed by atoms with van der Waals surface area (Å²) in [4.78, 5) is 22.9. The number of nitrogens with one attached hydrogen (secondary N) is 1. The molecule has 0 aromatic heterocycles. The minimum atomic E-state index is -3.88. The number of carbonyl (C=O) groups is 2. The Kier molecular flexibility index (Phi) is 6.51. The van der Waals surface area contributed by atoms with Gasteiger partial charge in [-0.05, 0) is 30.3 Å². The van der Waals surface area contributed by atoms with Crippen molar-refractivity contribution in [3.05, 3.63) is 58.1 Å². The van der Waals surface area contributed by atoms with E-state index < -0.39 is 10.0 Å². The molecule has 132 valence electrons. The van der Waals surface area contributed by atoms with E-state index in [1.807, 2.05) is 0 Å². The fourth-order valence-electron chi connectivity index (χ4n) is 1.86. The monoisotopic (exact) mass is 417 g/mol. The molecular formula is C16H13Cl2NO4S2. The van der Waals surface area contributed by atoms with Crippen LogP contribution in [0.15, 0.2) is 47.4 Å².